The minimum absolute atomic E-state index is 0.0681. The number of benzene rings is 1. The van der Waals surface area contributed by atoms with Crippen LogP contribution in [-0.4, -0.2) is 50.1 Å². The largest absolute Gasteiger partial charge is 0.351 e. The average Bonchev–Trinajstić information content (AvgIpc) is 2.55. The molecule has 3 rings (SSSR count). The third-order valence-corrected chi connectivity index (χ3v) is 4.53. The van der Waals surface area contributed by atoms with E-state index in [2.05, 4.69) is 27.7 Å². The fourth-order valence-electron chi connectivity index (χ4n) is 3.24. The van der Waals surface area contributed by atoms with E-state index < -0.39 is 0 Å². The third kappa shape index (κ3) is 3.83. The number of piperazine rings is 1. The van der Waals surface area contributed by atoms with Gasteiger partial charge in [0.25, 0.3) is 5.91 Å². The van der Waals surface area contributed by atoms with E-state index in [1.54, 1.807) is 0 Å². The van der Waals surface area contributed by atoms with Crippen LogP contribution in [0.15, 0.2) is 18.2 Å². The van der Waals surface area contributed by atoms with E-state index in [1.165, 1.54) is 30.4 Å². The van der Waals surface area contributed by atoms with Gasteiger partial charge in [0.1, 0.15) is 0 Å². The van der Waals surface area contributed by atoms with Crippen LogP contribution in [0.25, 0.3) is 0 Å². The molecule has 1 fully saturated rings. The topological polar surface area (TPSA) is 44.4 Å². The van der Waals surface area contributed by atoms with Crippen molar-refractivity contribution in [1.29, 1.82) is 0 Å². The summed E-state index contributed by atoms with van der Waals surface area (Å²) in [6, 6.07) is 6.21. The summed E-state index contributed by atoms with van der Waals surface area (Å²) in [5, 5.41) is 6.39. The lowest BCUT2D eigenvalue weighted by Gasteiger charge is -2.27. The highest BCUT2D eigenvalue weighted by Gasteiger charge is 2.13. The highest BCUT2D eigenvalue weighted by atomic mass is 16.1. The molecule has 1 amide bonds. The van der Waals surface area contributed by atoms with Crippen molar-refractivity contribution in [3.63, 3.8) is 0 Å². The van der Waals surface area contributed by atoms with Gasteiger partial charge in [-0.25, -0.2) is 0 Å². The molecule has 0 unspecified atom stereocenters. The van der Waals surface area contributed by atoms with E-state index in [1.807, 2.05) is 6.07 Å². The van der Waals surface area contributed by atoms with Crippen molar-refractivity contribution >= 4 is 5.91 Å². The van der Waals surface area contributed by atoms with Crippen molar-refractivity contribution in [1.82, 2.24) is 15.5 Å². The Morgan fingerprint density at radius 1 is 1.14 bits per heavy atom. The second-order valence-corrected chi connectivity index (χ2v) is 6.04. The first-order chi connectivity index (χ1) is 10.3. The fraction of sp³-hybridized carbons (Fsp3) is 0.588. The molecule has 1 aliphatic heterocycles. The van der Waals surface area contributed by atoms with Crippen molar-refractivity contribution in [2.45, 2.75) is 25.7 Å². The summed E-state index contributed by atoms with van der Waals surface area (Å²) in [5.74, 6) is 0.0681. The van der Waals surface area contributed by atoms with Gasteiger partial charge in [-0.15, -0.1) is 0 Å². The second-order valence-electron chi connectivity index (χ2n) is 6.04. The number of rotatable bonds is 4. The fourth-order valence-corrected chi connectivity index (χ4v) is 3.24. The van der Waals surface area contributed by atoms with E-state index >= 15 is 0 Å². The molecule has 0 aromatic heterocycles. The van der Waals surface area contributed by atoms with Crippen molar-refractivity contribution in [2.75, 3.05) is 39.3 Å². The minimum Gasteiger partial charge on any atom is -0.351 e. The third-order valence-electron chi connectivity index (χ3n) is 4.53. The molecule has 1 aromatic carbocycles. The molecule has 0 radical (unpaired) electrons. The maximum Gasteiger partial charge on any atom is 0.251 e. The molecule has 0 atom stereocenters. The van der Waals surface area contributed by atoms with Gasteiger partial charge in [0.15, 0.2) is 0 Å². The molecule has 114 valence electrons. The van der Waals surface area contributed by atoms with Crippen molar-refractivity contribution in [2.24, 2.45) is 0 Å². The van der Waals surface area contributed by atoms with E-state index in [0.717, 1.165) is 51.3 Å². The normalized spacial score (nSPS) is 19.0. The van der Waals surface area contributed by atoms with Crippen molar-refractivity contribution in [3.8, 4) is 0 Å². The lowest BCUT2D eigenvalue weighted by Crippen LogP contribution is -2.46. The maximum atomic E-state index is 12.2. The van der Waals surface area contributed by atoms with Crippen LogP contribution in [0.1, 0.15) is 34.3 Å². The van der Waals surface area contributed by atoms with Crippen LogP contribution in [0.5, 0.6) is 0 Å². The molecule has 2 N–H and O–H groups in total. The van der Waals surface area contributed by atoms with Gasteiger partial charge in [0.2, 0.25) is 0 Å². The zero-order valence-electron chi connectivity index (χ0n) is 12.7. The highest BCUT2D eigenvalue weighted by Crippen LogP contribution is 2.22. The van der Waals surface area contributed by atoms with Gasteiger partial charge in [-0.1, -0.05) is 6.07 Å². The first-order valence-electron chi connectivity index (χ1n) is 8.16. The lowest BCUT2D eigenvalue weighted by atomic mass is 9.90. The van der Waals surface area contributed by atoms with Gasteiger partial charge >= 0.3 is 0 Å². The summed E-state index contributed by atoms with van der Waals surface area (Å²) in [4.78, 5) is 14.6. The zero-order valence-corrected chi connectivity index (χ0v) is 12.7. The predicted molar refractivity (Wildman–Crippen MR) is 84.7 cm³/mol. The lowest BCUT2D eigenvalue weighted by molar-refractivity contribution is 0.0947. The van der Waals surface area contributed by atoms with Crippen molar-refractivity contribution in [3.05, 3.63) is 34.9 Å². The van der Waals surface area contributed by atoms with E-state index in [9.17, 15) is 4.79 Å². The molecule has 0 spiro atoms. The monoisotopic (exact) mass is 287 g/mol. The van der Waals surface area contributed by atoms with E-state index in [-0.39, 0.29) is 5.91 Å². The SMILES string of the molecule is O=C(NCCN1CCNCC1)c1ccc2c(c1)CCCC2. The van der Waals surface area contributed by atoms with Gasteiger partial charge in [0, 0.05) is 44.8 Å². The summed E-state index contributed by atoms with van der Waals surface area (Å²) < 4.78 is 0. The quantitative estimate of drug-likeness (QED) is 0.874. The Kier molecular flexibility index (Phi) is 4.88. The van der Waals surface area contributed by atoms with Gasteiger partial charge in [-0.05, 0) is 48.9 Å². The van der Waals surface area contributed by atoms with Crippen molar-refractivity contribution < 1.29 is 4.79 Å². The summed E-state index contributed by atoms with van der Waals surface area (Å²) in [5.41, 5.74) is 3.62. The number of amides is 1. The number of hydrogen-bond acceptors (Lipinski definition) is 3. The molecule has 2 aliphatic rings. The van der Waals surface area contributed by atoms with Gasteiger partial charge in [-0.2, -0.15) is 0 Å². The number of hydrogen-bond donors (Lipinski definition) is 2. The van der Waals surface area contributed by atoms with Crippen LogP contribution >= 0.6 is 0 Å². The highest BCUT2D eigenvalue weighted by molar-refractivity contribution is 5.94. The molecule has 21 heavy (non-hydrogen) atoms. The Bertz CT molecular complexity index is 495. The molecule has 4 nitrogen and oxygen atoms in total. The maximum absolute atomic E-state index is 12.2. The molecule has 1 heterocycles. The standard InChI is InChI=1S/C17H25N3O/c21-17(19-9-12-20-10-7-18-8-11-20)16-6-5-14-3-1-2-4-15(14)13-16/h5-6,13,18H,1-4,7-12H2,(H,19,21). The summed E-state index contributed by atoms with van der Waals surface area (Å²) in [7, 11) is 0. The summed E-state index contributed by atoms with van der Waals surface area (Å²) in [6.45, 7) is 5.94. The predicted octanol–water partition coefficient (Wildman–Crippen LogP) is 1.20. The number of fused-ring (bicyclic) bond motifs is 1. The van der Waals surface area contributed by atoms with Gasteiger partial charge < -0.3 is 10.6 Å². The Labute approximate surface area is 126 Å². The number of nitrogens with one attached hydrogen (secondary N) is 2. The van der Waals surface area contributed by atoms with Crippen LogP contribution < -0.4 is 10.6 Å². The average molecular weight is 287 g/mol. The van der Waals surface area contributed by atoms with E-state index in [0.29, 0.717) is 0 Å². The van der Waals surface area contributed by atoms with Gasteiger partial charge in [-0.3, -0.25) is 9.69 Å². The van der Waals surface area contributed by atoms with Crippen LogP contribution in [0.2, 0.25) is 0 Å². The van der Waals surface area contributed by atoms with Gasteiger partial charge in [0.05, 0.1) is 0 Å². The second kappa shape index (κ2) is 7.05. The first-order valence-corrected chi connectivity index (χ1v) is 8.16. The molecule has 0 bridgehead atoms. The summed E-state index contributed by atoms with van der Waals surface area (Å²) in [6.07, 6.45) is 4.82. The minimum atomic E-state index is 0.0681. The van der Waals surface area contributed by atoms with Crippen LogP contribution in [0, 0.1) is 0 Å². The Morgan fingerprint density at radius 3 is 2.71 bits per heavy atom. The molecule has 0 saturated carbocycles. The Morgan fingerprint density at radius 2 is 1.90 bits per heavy atom. The molecule has 1 saturated heterocycles. The molecule has 1 aliphatic carbocycles. The van der Waals surface area contributed by atoms with Crippen LogP contribution in [-0.2, 0) is 12.8 Å². The molecular weight excluding hydrogens is 262 g/mol. The first kappa shape index (κ1) is 14.5. The van der Waals surface area contributed by atoms with Crippen LogP contribution in [0.4, 0.5) is 0 Å². The molecule has 4 heteroatoms. The summed E-state index contributed by atoms with van der Waals surface area (Å²) >= 11 is 0. The molecular formula is C17H25N3O. The number of aryl methyl sites for hydroxylation is 2. The number of carbonyl (C=O) groups excluding carboxylic acids is 1. The smallest absolute Gasteiger partial charge is 0.251 e. The number of carbonyl (C=O) groups is 1. The Balaban J connectivity index is 1.50. The zero-order chi connectivity index (χ0) is 14.5. The van der Waals surface area contributed by atoms with Crippen LogP contribution in [0.3, 0.4) is 0 Å². The molecule has 1 aromatic rings. The van der Waals surface area contributed by atoms with E-state index in [4.69, 9.17) is 0 Å². The Hall–Kier alpha value is -1.39. The number of nitrogens with zero attached hydrogens (tertiary/aromatic N) is 1.